The number of piperidine rings is 2. The number of carbonyl (C=O) groups is 1. The quantitative estimate of drug-likeness (QED) is 0.423. The number of aliphatic hydroxyl groups is 2. The van der Waals surface area contributed by atoms with Gasteiger partial charge in [-0.15, -0.1) is 0 Å². The monoisotopic (exact) mass is 523 g/mol. The number of hydrogen-bond donors (Lipinski definition) is 3. The molecule has 1 aromatic heterocycles. The first-order chi connectivity index (χ1) is 18.3. The van der Waals surface area contributed by atoms with Gasteiger partial charge >= 0.3 is 0 Å². The zero-order valence-corrected chi connectivity index (χ0v) is 21.6. The van der Waals surface area contributed by atoms with Crippen molar-refractivity contribution in [3.8, 4) is 0 Å². The van der Waals surface area contributed by atoms with Crippen molar-refractivity contribution in [2.24, 2.45) is 5.92 Å². The van der Waals surface area contributed by atoms with E-state index in [0.717, 1.165) is 30.1 Å². The molecule has 1 amide bonds. The Balaban J connectivity index is 1.10. The average Bonchev–Trinajstić information content (AvgIpc) is 3.32. The molecule has 0 aliphatic carbocycles. The Morgan fingerprint density at radius 2 is 1.87 bits per heavy atom. The Morgan fingerprint density at radius 3 is 2.58 bits per heavy atom. The smallest absolute Gasteiger partial charge is 0.246 e. The molecule has 2 saturated heterocycles. The molecule has 0 radical (unpaired) electrons. The van der Waals surface area contributed by atoms with Crippen LogP contribution in [0.25, 0.3) is 17.0 Å². The van der Waals surface area contributed by atoms with Gasteiger partial charge in [0.05, 0.1) is 12.2 Å². The molecule has 0 spiro atoms. The average molecular weight is 524 g/mol. The largest absolute Gasteiger partial charge is 0.392 e. The summed E-state index contributed by atoms with van der Waals surface area (Å²) in [5, 5.41) is 23.1. The molecule has 38 heavy (non-hydrogen) atoms. The molecule has 2 fully saturated rings. The van der Waals surface area contributed by atoms with Crippen LogP contribution in [0.1, 0.15) is 41.9 Å². The molecule has 6 nitrogen and oxygen atoms in total. The number of aromatic nitrogens is 1. The summed E-state index contributed by atoms with van der Waals surface area (Å²) in [6.07, 6.45) is 5.94. The van der Waals surface area contributed by atoms with Crippen molar-refractivity contribution >= 4 is 22.9 Å². The van der Waals surface area contributed by atoms with Crippen LogP contribution in [0.4, 0.5) is 8.78 Å². The normalized spacial score (nSPS) is 22.4. The molecule has 2 aliphatic rings. The van der Waals surface area contributed by atoms with Gasteiger partial charge in [0.15, 0.2) is 0 Å². The lowest BCUT2D eigenvalue weighted by molar-refractivity contribution is -0.128. The number of carbonyl (C=O) groups excluding carboxylic acids is 1. The number of aryl methyl sites for hydroxylation is 1. The van der Waals surface area contributed by atoms with Crippen molar-refractivity contribution < 1.29 is 23.8 Å². The molecule has 8 heteroatoms. The second-order valence-corrected chi connectivity index (χ2v) is 10.7. The SMILES string of the molecule is Cc1cccc2c(C3CCN(CC(O)C4CCN(C(=O)/C=C/c5cc(F)cc(F)c5)CC4)CC3O)c[nH]c12. The van der Waals surface area contributed by atoms with Gasteiger partial charge in [-0.2, -0.15) is 0 Å². The van der Waals surface area contributed by atoms with Gasteiger partial charge in [0.2, 0.25) is 5.91 Å². The van der Waals surface area contributed by atoms with E-state index in [0.29, 0.717) is 44.6 Å². The number of H-pyrrole nitrogens is 1. The molecule has 2 aliphatic heterocycles. The molecule has 3 unspecified atom stereocenters. The van der Waals surface area contributed by atoms with E-state index < -0.39 is 23.8 Å². The third-order valence-corrected chi connectivity index (χ3v) is 8.17. The van der Waals surface area contributed by atoms with E-state index >= 15 is 0 Å². The van der Waals surface area contributed by atoms with Gasteiger partial charge in [0.25, 0.3) is 0 Å². The Hall–Kier alpha value is -3.07. The van der Waals surface area contributed by atoms with E-state index in [1.165, 1.54) is 35.2 Å². The van der Waals surface area contributed by atoms with Crippen LogP contribution in [0.15, 0.2) is 48.7 Å². The lowest BCUT2D eigenvalue weighted by atomic mass is 9.85. The van der Waals surface area contributed by atoms with Crippen molar-refractivity contribution in [1.82, 2.24) is 14.8 Å². The summed E-state index contributed by atoms with van der Waals surface area (Å²) < 4.78 is 26.7. The van der Waals surface area contributed by atoms with E-state index in [-0.39, 0.29) is 17.7 Å². The van der Waals surface area contributed by atoms with Gasteiger partial charge in [-0.05, 0) is 73.5 Å². The molecular weight excluding hydrogens is 488 g/mol. The molecule has 202 valence electrons. The van der Waals surface area contributed by atoms with Crippen LogP contribution < -0.4 is 0 Å². The Bertz CT molecular complexity index is 1300. The summed E-state index contributed by atoms with van der Waals surface area (Å²) in [7, 11) is 0. The predicted octanol–water partition coefficient (Wildman–Crippen LogP) is 4.22. The van der Waals surface area contributed by atoms with E-state index in [9.17, 15) is 23.8 Å². The fourth-order valence-electron chi connectivity index (χ4n) is 6.02. The third-order valence-electron chi connectivity index (χ3n) is 8.17. The number of amides is 1. The molecular formula is C30H35F2N3O3. The number of hydrogen-bond acceptors (Lipinski definition) is 4. The zero-order chi connectivity index (χ0) is 26.8. The van der Waals surface area contributed by atoms with Gasteiger partial charge < -0.3 is 20.1 Å². The molecule has 5 rings (SSSR count). The predicted molar refractivity (Wildman–Crippen MR) is 144 cm³/mol. The number of halogens is 2. The number of benzene rings is 2. The number of likely N-dealkylation sites (tertiary alicyclic amines) is 2. The molecule has 0 bridgehead atoms. The second-order valence-electron chi connectivity index (χ2n) is 10.7. The minimum absolute atomic E-state index is 0.0603. The number of β-amino-alcohol motifs (C(OH)–C–C–N with tert-alkyl or cyclic N) is 2. The molecule has 3 aromatic rings. The van der Waals surface area contributed by atoms with E-state index in [1.807, 2.05) is 12.3 Å². The minimum Gasteiger partial charge on any atom is -0.392 e. The topological polar surface area (TPSA) is 79.8 Å². The standard InChI is InChI=1S/C30H35F2N3O3/c1-19-3-2-4-25-26(16-33-30(19)25)24-9-10-34(18-28(24)37)17-27(36)21-7-11-35(12-8-21)29(38)6-5-20-13-22(31)15-23(32)14-20/h2-6,13-16,21,24,27-28,33,36-37H,7-12,17-18H2,1H3/b6-5+. The molecule has 0 saturated carbocycles. The number of nitrogens with one attached hydrogen (secondary N) is 1. The van der Waals surface area contributed by atoms with E-state index in [4.69, 9.17) is 0 Å². The first-order valence-electron chi connectivity index (χ1n) is 13.4. The number of para-hydroxylation sites is 1. The molecule has 3 N–H and O–H groups in total. The summed E-state index contributed by atoms with van der Waals surface area (Å²) in [5.74, 6) is -1.44. The van der Waals surface area contributed by atoms with Crippen LogP contribution in [0.3, 0.4) is 0 Å². The van der Waals surface area contributed by atoms with Crippen molar-refractivity contribution in [1.29, 1.82) is 0 Å². The Morgan fingerprint density at radius 1 is 1.13 bits per heavy atom. The highest BCUT2D eigenvalue weighted by atomic mass is 19.1. The number of aromatic amines is 1. The number of rotatable bonds is 6. The summed E-state index contributed by atoms with van der Waals surface area (Å²) in [6, 6.07) is 9.38. The fraction of sp³-hybridized carbons (Fsp3) is 0.433. The first-order valence-corrected chi connectivity index (χ1v) is 13.4. The second kappa shape index (κ2) is 11.4. The van der Waals surface area contributed by atoms with Crippen LogP contribution in [0, 0.1) is 24.5 Å². The summed E-state index contributed by atoms with van der Waals surface area (Å²) in [5.41, 5.74) is 3.77. The first kappa shape index (κ1) is 26.5. The maximum absolute atomic E-state index is 13.4. The van der Waals surface area contributed by atoms with E-state index in [2.05, 4.69) is 28.9 Å². The van der Waals surface area contributed by atoms with Gasteiger partial charge in [0.1, 0.15) is 11.6 Å². The van der Waals surface area contributed by atoms with Gasteiger partial charge in [-0.25, -0.2) is 8.78 Å². The maximum atomic E-state index is 13.4. The van der Waals surface area contributed by atoms with Gasteiger partial charge in [-0.3, -0.25) is 9.69 Å². The van der Waals surface area contributed by atoms with Crippen molar-refractivity contribution in [3.63, 3.8) is 0 Å². The van der Waals surface area contributed by atoms with Crippen LogP contribution >= 0.6 is 0 Å². The third kappa shape index (κ3) is 5.82. The maximum Gasteiger partial charge on any atom is 0.246 e. The van der Waals surface area contributed by atoms with Crippen LogP contribution in [0.2, 0.25) is 0 Å². The summed E-state index contributed by atoms with van der Waals surface area (Å²) in [6.45, 7) is 4.94. The highest BCUT2D eigenvalue weighted by molar-refractivity contribution is 5.91. The lowest BCUT2D eigenvalue weighted by Gasteiger charge is -2.39. The van der Waals surface area contributed by atoms with E-state index in [1.54, 1.807) is 4.90 Å². The van der Waals surface area contributed by atoms with Gasteiger partial charge in [0, 0.05) is 61.3 Å². The van der Waals surface area contributed by atoms with Crippen LogP contribution in [-0.4, -0.2) is 75.8 Å². The summed E-state index contributed by atoms with van der Waals surface area (Å²) >= 11 is 0. The van der Waals surface area contributed by atoms with Crippen LogP contribution in [0.5, 0.6) is 0 Å². The number of aliphatic hydroxyl groups excluding tert-OH is 2. The number of nitrogens with zero attached hydrogens (tertiary/aromatic N) is 2. The Kier molecular flexibility index (Phi) is 7.93. The highest BCUT2D eigenvalue weighted by Crippen LogP contribution is 2.34. The minimum atomic E-state index is -0.684. The molecule has 3 atom stereocenters. The van der Waals surface area contributed by atoms with Crippen molar-refractivity contribution in [3.05, 3.63) is 77.0 Å². The molecule has 3 heterocycles. The fourth-order valence-corrected chi connectivity index (χ4v) is 6.02. The summed E-state index contributed by atoms with van der Waals surface area (Å²) in [4.78, 5) is 19.8. The molecule has 2 aromatic carbocycles. The van der Waals surface area contributed by atoms with Crippen molar-refractivity contribution in [2.45, 2.75) is 44.3 Å². The van der Waals surface area contributed by atoms with Crippen molar-refractivity contribution in [2.75, 3.05) is 32.7 Å². The number of fused-ring (bicyclic) bond motifs is 1. The zero-order valence-electron chi connectivity index (χ0n) is 21.6. The van der Waals surface area contributed by atoms with Crippen LogP contribution in [-0.2, 0) is 4.79 Å². The Labute approximate surface area is 221 Å². The highest BCUT2D eigenvalue weighted by Gasteiger charge is 2.33. The van der Waals surface area contributed by atoms with Gasteiger partial charge in [-0.1, -0.05) is 18.2 Å². The lowest BCUT2D eigenvalue weighted by Crippen LogP contribution is -2.48.